The van der Waals surface area contributed by atoms with Gasteiger partial charge in [-0.25, -0.2) is 0 Å². The van der Waals surface area contributed by atoms with Crippen molar-refractivity contribution in [2.45, 2.75) is 13.3 Å². The van der Waals surface area contributed by atoms with Crippen molar-refractivity contribution < 1.29 is 35.3 Å². The molecule has 6 aromatic carbocycles. The molecule has 0 aliphatic carbocycles. The molecular formula is C33H27F2HfP. The van der Waals surface area contributed by atoms with Gasteiger partial charge in [-0.05, 0) is 22.6 Å². The number of benzene rings is 4. The van der Waals surface area contributed by atoms with Crippen molar-refractivity contribution in [1.82, 2.24) is 0 Å². The molecule has 0 amide bonds. The summed E-state index contributed by atoms with van der Waals surface area (Å²) in [6.07, 6.45) is 2.55. The second-order valence-electron chi connectivity index (χ2n) is 8.89. The fourth-order valence-corrected chi connectivity index (χ4v) is 7.75. The number of fused-ring (bicyclic) bond motifs is 4. The Bertz CT molecular complexity index is 1580. The van der Waals surface area contributed by atoms with Gasteiger partial charge in [0.2, 0.25) is 0 Å². The van der Waals surface area contributed by atoms with Crippen molar-refractivity contribution in [2.75, 3.05) is 6.16 Å². The van der Waals surface area contributed by atoms with Crippen LogP contribution in [-0.4, -0.2) is 6.16 Å². The number of hydrogen-bond donors (Lipinski definition) is 0. The van der Waals surface area contributed by atoms with Crippen molar-refractivity contribution in [3.8, 4) is 22.3 Å². The summed E-state index contributed by atoms with van der Waals surface area (Å²) >= 11 is 0. The van der Waals surface area contributed by atoms with Gasteiger partial charge in [0.15, 0.2) is 0 Å². The Balaban J connectivity index is 0.000000195. The molecule has 4 heteroatoms. The van der Waals surface area contributed by atoms with Gasteiger partial charge in [0.25, 0.3) is 0 Å². The molecule has 1 unspecified atom stereocenters. The second kappa shape index (κ2) is 12.7. The van der Waals surface area contributed by atoms with Crippen LogP contribution in [0.25, 0.3) is 43.8 Å². The average Bonchev–Trinajstić information content (AvgIpc) is 3.52. The summed E-state index contributed by atoms with van der Waals surface area (Å²) in [6.45, 7) is 2.29. The molecule has 1 aliphatic heterocycles. The van der Waals surface area contributed by atoms with Gasteiger partial charge in [-0.1, -0.05) is 99.1 Å². The third-order valence-electron chi connectivity index (χ3n) is 6.74. The van der Waals surface area contributed by atoms with Crippen molar-refractivity contribution in [3.63, 3.8) is 0 Å². The van der Waals surface area contributed by atoms with Crippen LogP contribution in [0.5, 0.6) is 0 Å². The van der Waals surface area contributed by atoms with Crippen molar-refractivity contribution in [2.24, 2.45) is 0 Å². The number of hydrogen-bond acceptors (Lipinski definition) is 0. The van der Waals surface area contributed by atoms with Crippen LogP contribution in [0.3, 0.4) is 0 Å². The molecule has 0 saturated heterocycles. The molecule has 0 aromatic heterocycles. The van der Waals surface area contributed by atoms with Crippen LogP contribution in [0.1, 0.15) is 13.3 Å². The maximum Gasteiger partial charge on any atom is 4.00 e. The van der Waals surface area contributed by atoms with Crippen LogP contribution >= 0.6 is 7.92 Å². The summed E-state index contributed by atoms with van der Waals surface area (Å²) in [5.41, 5.74) is 5.48. The maximum atomic E-state index is 2.44. The van der Waals surface area contributed by atoms with E-state index in [-0.39, 0.29) is 43.2 Å². The van der Waals surface area contributed by atoms with Crippen LogP contribution in [0, 0.1) is 0 Å². The van der Waals surface area contributed by atoms with E-state index in [2.05, 4.69) is 128 Å². The molecule has 182 valence electrons. The number of rotatable bonds is 3. The molecule has 2 bridgehead atoms. The molecule has 0 radical (unpaired) electrons. The first-order valence-electron chi connectivity index (χ1n) is 12.1. The van der Waals surface area contributed by atoms with Gasteiger partial charge in [-0.2, -0.15) is 18.2 Å². The van der Waals surface area contributed by atoms with E-state index in [0.29, 0.717) is 0 Å². The zero-order valence-electron chi connectivity index (χ0n) is 20.7. The van der Waals surface area contributed by atoms with E-state index < -0.39 is 0 Å². The topological polar surface area (TPSA) is 0 Å². The van der Waals surface area contributed by atoms with E-state index in [1.165, 1.54) is 56.4 Å². The molecule has 0 spiro atoms. The van der Waals surface area contributed by atoms with Crippen LogP contribution in [0.4, 0.5) is 0 Å². The summed E-state index contributed by atoms with van der Waals surface area (Å²) in [5.74, 6) is 0. The fraction of sp³-hybridized carbons (Fsp3) is 0.0909. The molecular weight excluding hydrogens is 644 g/mol. The maximum absolute atomic E-state index is 2.44. The van der Waals surface area contributed by atoms with E-state index >= 15 is 0 Å². The van der Waals surface area contributed by atoms with Gasteiger partial charge >= 0.3 is 25.8 Å². The summed E-state index contributed by atoms with van der Waals surface area (Å²) in [7, 11) is -0.172. The minimum atomic E-state index is -0.172. The number of halogens is 2. The Hall–Kier alpha value is -2.74. The fourth-order valence-electron chi connectivity index (χ4n) is 5.19. The molecule has 0 saturated carbocycles. The predicted molar refractivity (Wildman–Crippen MR) is 151 cm³/mol. The smallest absolute Gasteiger partial charge is 1.00 e. The van der Waals surface area contributed by atoms with Gasteiger partial charge in [0.1, 0.15) is 0 Å². The zero-order chi connectivity index (χ0) is 22.9. The van der Waals surface area contributed by atoms with Gasteiger partial charge in [-0.3, -0.25) is 0 Å². The quantitative estimate of drug-likeness (QED) is 0.155. The van der Waals surface area contributed by atoms with Crippen LogP contribution in [0.15, 0.2) is 121 Å². The summed E-state index contributed by atoms with van der Waals surface area (Å²) in [5, 5.41) is 8.62. The molecule has 0 nitrogen and oxygen atoms in total. The van der Waals surface area contributed by atoms with Gasteiger partial charge in [-0.15, -0.1) is 63.2 Å². The molecule has 0 N–H and O–H groups in total. The largest absolute Gasteiger partial charge is 4.00 e. The molecule has 37 heavy (non-hydrogen) atoms. The van der Waals surface area contributed by atoms with Gasteiger partial charge < -0.3 is 9.41 Å². The Morgan fingerprint density at radius 2 is 1.32 bits per heavy atom. The molecule has 1 heterocycles. The van der Waals surface area contributed by atoms with Crippen LogP contribution in [-0.2, 0) is 25.8 Å². The van der Waals surface area contributed by atoms with E-state index in [0.717, 1.165) is 0 Å². The van der Waals surface area contributed by atoms with E-state index in [9.17, 15) is 0 Å². The van der Waals surface area contributed by atoms with Crippen LogP contribution < -0.4 is 20.0 Å². The molecule has 1 atom stereocenters. The summed E-state index contributed by atoms with van der Waals surface area (Å²) < 4.78 is 0. The Morgan fingerprint density at radius 3 is 2.11 bits per heavy atom. The first-order chi connectivity index (χ1) is 16.8. The normalized spacial score (nSPS) is 12.8. The minimum Gasteiger partial charge on any atom is -1.00 e. The molecule has 7 rings (SSSR count). The van der Waals surface area contributed by atoms with Crippen molar-refractivity contribution >= 4 is 40.1 Å². The zero-order valence-corrected chi connectivity index (χ0v) is 25.2. The molecule has 6 aromatic rings. The third-order valence-corrected chi connectivity index (χ3v) is 9.49. The van der Waals surface area contributed by atoms with Crippen molar-refractivity contribution in [1.29, 1.82) is 0 Å². The predicted octanol–water partition coefficient (Wildman–Crippen LogP) is 2.61. The molecule has 1 aliphatic rings. The average molecular weight is 671 g/mol. The summed E-state index contributed by atoms with van der Waals surface area (Å²) in [6, 6.07) is 44.0. The first kappa shape index (κ1) is 28.8. The Morgan fingerprint density at radius 1 is 0.649 bits per heavy atom. The third kappa shape index (κ3) is 5.44. The summed E-state index contributed by atoms with van der Waals surface area (Å²) in [4.78, 5) is 0. The minimum absolute atomic E-state index is 0. The standard InChI is InChI=1S/C18H16P.C15H11.2FH.Hf/c1-2-10-19-14-11-13-6-5-8-15(17(13)12-14)16-7-3-4-9-18(16)19;1-2-6-12(7-3-1)14-10-4-8-13-9-5-11-15(13)14;;;/h3-9,11-12H,2,10H2,1H3;1-11H;2*1H;/q2*-1;;;+4/p-2. The van der Waals surface area contributed by atoms with E-state index in [1.54, 1.807) is 10.6 Å². The van der Waals surface area contributed by atoms with Crippen molar-refractivity contribution in [3.05, 3.63) is 121 Å². The van der Waals surface area contributed by atoms with Gasteiger partial charge in [0.05, 0.1) is 0 Å². The first-order valence-corrected chi connectivity index (χ1v) is 13.6. The monoisotopic (exact) mass is 672 g/mol. The van der Waals surface area contributed by atoms with E-state index in [4.69, 9.17) is 0 Å². The SMILES string of the molecule is CCCP1c2cc3c(cccc3[cH-]2)-c2ccccc21.[F-].[F-].[Hf+4].c1ccc(-c2cccc3[cH-]ccc23)cc1. The molecule has 0 fully saturated rings. The van der Waals surface area contributed by atoms with Gasteiger partial charge in [0, 0.05) is 0 Å². The Kier molecular flexibility index (Phi) is 9.87. The Labute approximate surface area is 237 Å². The van der Waals surface area contributed by atoms with Crippen LogP contribution in [0.2, 0.25) is 0 Å². The van der Waals surface area contributed by atoms with E-state index in [1.807, 2.05) is 0 Å². The second-order valence-corrected chi connectivity index (χ2v) is 11.2.